The van der Waals surface area contributed by atoms with Crippen LogP contribution >= 0.6 is 0 Å². The number of aromatic nitrogens is 2. The quantitative estimate of drug-likeness (QED) is 0.475. The predicted octanol–water partition coefficient (Wildman–Crippen LogP) is 4.81. The lowest BCUT2D eigenvalue weighted by Crippen LogP contribution is -2.40. The van der Waals surface area contributed by atoms with Crippen LogP contribution in [-0.4, -0.2) is 51.5 Å². The number of nitrogens with one attached hydrogen (secondary N) is 1. The highest BCUT2D eigenvalue weighted by Crippen LogP contribution is 2.36. The molecule has 0 saturated carbocycles. The van der Waals surface area contributed by atoms with E-state index in [4.69, 9.17) is 4.98 Å². The van der Waals surface area contributed by atoms with Crippen LogP contribution in [0.5, 0.6) is 0 Å². The number of likely N-dealkylation sites (tertiary alicyclic amines) is 1. The van der Waals surface area contributed by atoms with Crippen molar-refractivity contribution in [2.45, 2.75) is 57.3 Å². The predicted molar refractivity (Wildman–Crippen MR) is 140 cm³/mol. The number of nitrogens with zero attached hydrogens (tertiary/aromatic N) is 3. The first-order valence-corrected chi connectivity index (χ1v) is 13.1. The van der Waals surface area contributed by atoms with Crippen molar-refractivity contribution in [2.24, 2.45) is 5.92 Å². The van der Waals surface area contributed by atoms with Gasteiger partial charge in [-0.2, -0.15) is 0 Å². The first kappa shape index (κ1) is 24.2. The Morgan fingerprint density at radius 2 is 1.97 bits per heavy atom. The molecule has 36 heavy (non-hydrogen) atoms. The standard InChI is InChI=1S/C29H34N4O3/c34-27(9-3-7-24-11-10-21-6-4-14-30-29(21)32-24)33-15-12-20(13-16-33)25(18-28(35)36)23-17-22-5-1-2-8-26(22)31-19-23/h1-2,5,8,10-11,17,19-20,25H,3-4,6-7,9,12-16,18H2,(H,30,32)(H,35,36)/t25-/m0/s1. The van der Waals surface area contributed by atoms with Crippen LogP contribution in [0.1, 0.15) is 61.3 Å². The number of amides is 1. The molecule has 188 valence electrons. The number of carbonyl (C=O) groups excluding carboxylic acids is 1. The second-order valence-electron chi connectivity index (χ2n) is 10.1. The van der Waals surface area contributed by atoms with Gasteiger partial charge in [-0.15, -0.1) is 0 Å². The number of piperidine rings is 1. The summed E-state index contributed by atoms with van der Waals surface area (Å²) in [6, 6.07) is 14.2. The Bertz CT molecular complexity index is 1240. The Balaban J connectivity index is 1.15. The number of fused-ring (bicyclic) bond motifs is 2. The zero-order chi connectivity index (χ0) is 24.9. The molecule has 7 heteroatoms. The average molecular weight is 487 g/mol. The van der Waals surface area contributed by atoms with Gasteiger partial charge in [0.05, 0.1) is 11.9 Å². The van der Waals surface area contributed by atoms with Crippen LogP contribution in [0.4, 0.5) is 5.82 Å². The van der Waals surface area contributed by atoms with Gasteiger partial charge < -0.3 is 15.3 Å². The van der Waals surface area contributed by atoms with Crippen LogP contribution in [0.2, 0.25) is 0 Å². The zero-order valence-corrected chi connectivity index (χ0v) is 20.7. The highest BCUT2D eigenvalue weighted by molar-refractivity contribution is 5.79. The first-order chi connectivity index (χ1) is 17.6. The molecular weight excluding hydrogens is 452 g/mol. The van der Waals surface area contributed by atoms with Gasteiger partial charge in [0, 0.05) is 43.3 Å². The summed E-state index contributed by atoms with van der Waals surface area (Å²) in [5.74, 6) is 0.523. The van der Waals surface area contributed by atoms with Crippen LogP contribution in [0.3, 0.4) is 0 Å². The van der Waals surface area contributed by atoms with E-state index in [1.54, 1.807) is 0 Å². The smallest absolute Gasteiger partial charge is 0.303 e. The third-order valence-electron chi connectivity index (χ3n) is 7.67. The lowest BCUT2D eigenvalue weighted by Gasteiger charge is -2.36. The van der Waals surface area contributed by atoms with Crippen LogP contribution in [0.25, 0.3) is 10.9 Å². The Kier molecular flexibility index (Phi) is 7.44. The molecule has 2 aromatic heterocycles. The SMILES string of the molecule is O=C(O)C[C@H](c1cnc2ccccc2c1)C1CCN(C(=O)CCCc2ccc3c(n2)NCCC3)CC1. The number of hydrogen-bond donors (Lipinski definition) is 2. The van der Waals surface area contributed by atoms with Crippen molar-refractivity contribution in [2.75, 3.05) is 25.0 Å². The highest BCUT2D eigenvalue weighted by atomic mass is 16.4. The van der Waals surface area contributed by atoms with Gasteiger partial charge in [0.25, 0.3) is 0 Å². The number of benzene rings is 1. The molecule has 1 aromatic carbocycles. The molecule has 2 aliphatic heterocycles. The topological polar surface area (TPSA) is 95.4 Å². The molecule has 0 unspecified atom stereocenters. The van der Waals surface area contributed by atoms with E-state index in [1.807, 2.05) is 35.4 Å². The fraction of sp³-hybridized carbons (Fsp3) is 0.448. The van der Waals surface area contributed by atoms with E-state index >= 15 is 0 Å². The molecule has 2 N–H and O–H groups in total. The van der Waals surface area contributed by atoms with Gasteiger partial charge in [0.2, 0.25) is 5.91 Å². The van der Waals surface area contributed by atoms with Gasteiger partial charge >= 0.3 is 5.97 Å². The van der Waals surface area contributed by atoms with Crippen LogP contribution in [0, 0.1) is 5.92 Å². The molecule has 2 aliphatic rings. The molecular formula is C29H34N4O3. The summed E-state index contributed by atoms with van der Waals surface area (Å²) in [5.41, 5.74) is 4.21. The molecule has 1 atom stereocenters. The Labute approximate surface area is 211 Å². The highest BCUT2D eigenvalue weighted by Gasteiger charge is 2.31. The fourth-order valence-electron chi connectivity index (χ4n) is 5.67. The summed E-state index contributed by atoms with van der Waals surface area (Å²) in [6.07, 6.45) is 7.87. The van der Waals surface area contributed by atoms with Crippen molar-refractivity contribution in [3.05, 3.63) is 65.5 Å². The van der Waals surface area contributed by atoms with Gasteiger partial charge in [-0.25, -0.2) is 4.98 Å². The molecule has 1 amide bonds. The summed E-state index contributed by atoms with van der Waals surface area (Å²) >= 11 is 0. The summed E-state index contributed by atoms with van der Waals surface area (Å²) in [6.45, 7) is 2.34. The van der Waals surface area contributed by atoms with Crippen LogP contribution in [-0.2, 0) is 22.4 Å². The first-order valence-electron chi connectivity index (χ1n) is 13.1. The number of hydrogen-bond acceptors (Lipinski definition) is 5. The average Bonchev–Trinajstić information content (AvgIpc) is 2.91. The van der Waals surface area contributed by atoms with E-state index in [-0.39, 0.29) is 24.2 Å². The molecule has 1 fully saturated rings. The third-order valence-corrected chi connectivity index (χ3v) is 7.67. The monoisotopic (exact) mass is 486 g/mol. The number of rotatable bonds is 8. The lowest BCUT2D eigenvalue weighted by atomic mass is 9.78. The Hall–Kier alpha value is -3.48. The molecule has 7 nitrogen and oxygen atoms in total. The second-order valence-corrected chi connectivity index (χ2v) is 10.1. The van der Waals surface area contributed by atoms with E-state index in [9.17, 15) is 14.7 Å². The Morgan fingerprint density at radius 1 is 1.14 bits per heavy atom. The van der Waals surface area contributed by atoms with Gasteiger partial charge in [-0.1, -0.05) is 24.3 Å². The fourth-order valence-corrected chi connectivity index (χ4v) is 5.67. The lowest BCUT2D eigenvalue weighted by molar-refractivity contribution is -0.138. The van der Waals surface area contributed by atoms with Crippen molar-refractivity contribution >= 4 is 28.6 Å². The van der Waals surface area contributed by atoms with Crippen molar-refractivity contribution in [1.29, 1.82) is 0 Å². The number of carboxylic acid groups (broad SMARTS) is 1. The second kappa shape index (κ2) is 11.1. The molecule has 3 aromatic rings. The van der Waals surface area contributed by atoms with Gasteiger partial charge in [0.1, 0.15) is 5.82 Å². The number of aliphatic carboxylic acids is 1. The van der Waals surface area contributed by atoms with E-state index in [1.165, 1.54) is 5.56 Å². The minimum Gasteiger partial charge on any atom is -0.481 e. The molecule has 5 rings (SSSR count). The van der Waals surface area contributed by atoms with Crippen molar-refractivity contribution in [3.63, 3.8) is 0 Å². The van der Waals surface area contributed by atoms with E-state index in [0.29, 0.717) is 19.5 Å². The minimum atomic E-state index is -0.794. The summed E-state index contributed by atoms with van der Waals surface area (Å²) < 4.78 is 0. The maximum absolute atomic E-state index is 12.9. The number of anilines is 1. The van der Waals surface area contributed by atoms with Crippen LogP contribution < -0.4 is 5.32 Å². The number of para-hydroxylation sites is 1. The zero-order valence-electron chi connectivity index (χ0n) is 20.7. The van der Waals surface area contributed by atoms with E-state index < -0.39 is 5.97 Å². The minimum absolute atomic E-state index is 0.0846. The normalized spacial score (nSPS) is 16.8. The molecule has 0 aliphatic carbocycles. The van der Waals surface area contributed by atoms with E-state index in [2.05, 4.69) is 28.5 Å². The maximum atomic E-state index is 12.9. The van der Waals surface area contributed by atoms with Crippen LogP contribution in [0.15, 0.2) is 48.7 Å². The molecule has 4 heterocycles. The Morgan fingerprint density at radius 3 is 2.81 bits per heavy atom. The summed E-state index contributed by atoms with van der Waals surface area (Å²) in [4.78, 5) is 35.8. The molecule has 0 spiro atoms. The molecule has 1 saturated heterocycles. The van der Waals surface area contributed by atoms with E-state index in [0.717, 1.165) is 73.0 Å². The largest absolute Gasteiger partial charge is 0.481 e. The van der Waals surface area contributed by atoms with Crippen molar-refractivity contribution in [3.8, 4) is 0 Å². The van der Waals surface area contributed by atoms with Gasteiger partial charge in [-0.05, 0) is 79.7 Å². The van der Waals surface area contributed by atoms with Crippen molar-refractivity contribution < 1.29 is 14.7 Å². The third kappa shape index (κ3) is 5.66. The number of aryl methyl sites for hydroxylation is 2. The summed E-state index contributed by atoms with van der Waals surface area (Å²) in [7, 11) is 0. The molecule has 0 bridgehead atoms. The summed E-state index contributed by atoms with van der Waals surface area (Å²) in [5, 5.41) is 14.0. The van der Waals surface area contributed by atoms with Crippen molar-refractivity contribution in [1.82, 2.24) is 14.9 Å². The number of pyridine rings is 2. The van der Waals surface area contributed by atoms with Gasteiger partial charge in [0.15, 0.2) is 0 Å². The number of carbonyl (C=O) groups is 2. The maximum Gasteiger partial charge on any atom is 0.303 e. The van der Waals surface area contributed by atoms with Gasteiger partial charge in [-0.3, -0.25) is 14.6 Å². The number of carboxylic acids is 1. The molecule has 0 radical (unpaired) electrons.